The van der Waals surface area contributed by atoms with E-state index in [-0.39, 0.29) is 34.2 Å². The summed E-state index contributed by atoms with van der Waals surface area (Å²) >= 11 is 11.5. The molecular weight excluding hydrogens is 490 g/mol. The Morgan fingerprint density at radius 1 is 1.21 bits per heavy atom. The first-order chi connectivity index (χ1) is 15.4. The topological polar surface area (TPSA) is 118 Å². The summed E-state index contributed by atoms with van der Waals surface area (Å²) in [6.07, 6.45) is -3.57. The van der Waals surface area contributed by atoms with Crippen LogP contribution in [0.25, 0.3) is 0 Å². The highest BCUT2D eigenvalue weighted by Gasteiger charge is 2.32. The maximum atomic E-state index is 12.6. The normalized spacial score (nSPS) is 11.2. The summed E-state index contributed by atoms with van der Waals surface area (Å²) < 4.78 is 42.9. The first-order valence-electron chi connectivity index (χ1n) is 8.96. The number of carbonyl (C=O) groups excluding carboxylic acids is 2. The van der Waals surface area contributed by atoms with Gasteiger partial charge in [0.15, 0.2) is 16.6 Å². The van der Waals surface area contributed by atoms with Crippen LogP contribution in [0.1, 0.15) is 26.5 Å². The molecule has 0 saturated heterocycles. The SMILES string of the molecule is Cn1cc(NC(=O)c2cc(Cl)c(O)c(Cl)n2)c(C(=O)NCc2ccccc2OC(F)(F)F)n1. The first kappa shape index (κ1) is 24.1. The van der Waals surface area contributed by atoms with E-state index in [0.29, 0.717) is 0 Å². The lowest BCUT2D eigenvalue weighted by Gasteiger charge is -2.13. The number of ether oxygens (including phenoxy) is 1. The first-order valence-corrected chi connectivity index (χ1v) is 9.72. The molecule has 2 aromatic heterocycles. The highest BCUT2D eigenvalue weighted by atomic mass is 35.5. The number of aromatic hydroxyl groups is 1. The zero-order valence-electron chi connectivity index (χ0n) is 16.6. The van der Waals surface area contributed by atoms with E-state index >= 15 is 0 Å². The Morgan fingerprint density at radius 3 is 2.58 bits per heavy atom. The zero-order valence-corrected chi connectivity index (χ0v) is 18.1. The number of benzene rings is 1. The fourth-order valence-corrected chi connectivity index (χ4v) is 3.10. The molecule has 9 nitrogen and oxygen atoms in total. The lowest BCUT2D eigenvalue weighted by molar-refractivity contribution is -0.274. The number of hydrogen-bond donors (Lipinski definition) is 3. The number of halogens is 5. The number of hydrogen-bond acceptors (Lipinski definition) is 6. The molecule has 14 heteroatoms. The summed E-state index contributed by atoms with van der Waals surface area (Å²) in [5.74, 6) is -2.54. The van der Waals surface area contributed by atoms with Gasteiger partial charge < -0.3 is 20.5 Å². The maximum Gasteiger partial charge on any atom is 0.573 e. The van der Waals surface area contributed by atoms with Crippen LogP contribution in [0.4, 0.5) is 18.9 Å². The van der Waals surface area contributed by atoms with Gasteiger partial charge in [-0.05, 0) is 12.1 Å². The number of aryl methyl sites for hydroxylation is 1. The minimum Gasteiger partial charge on any atom is -0.504 e. The number of para-hydroxylation sites is 1. The van der Waals surface area contributed by atoms with Crippen molar-refractivity contribution in [2.45, 2.75) is 12.9 Å². The lowest BCUT2D eigenvalue weighted by atomic mass is 10.2. The van der Waals surface area contributed by atoms with Gasteiger partial charge in [-0.25, -0.2) is 4.98 Å². The van der Waals surface area contributed by atoms with Crippen LogP contribution in [0.3, 0.4) is 0 Å². The van der Waals surface area contributed by atoms with Crippen molar-refractivity contribution < 1.29 is 32.6 Å². The summed E-state index contributed by atoms with van der Waals surface area (Å²) in [5.41, 5.74) is -0.392. The highest BCUT2D eigenvalue weighted by molar-refractivity contribution is 6.36. The fourth-order valence-electron chi connectivity index (χ4n) is 2.66. The molecule has 0 aliphatic rings. The molecule has 0 atom stereocenters. The lowest BCUT2D eigenvalue weighted by Crippen LogP contribution is -2.26. The van der Waals surface area contributed by atoms with Crippen molar-refractivity contribution in [3.63, 3.8) is 0 Å². The maximum absolute atomic E-state index is 12.6. The van der Waals surface area contributed by atoms with Crippen molar-refractivity contribution in [3.05, 3.63) is 63.7 Å². The van der Waals surface area contributed by atoms with Gasteiger partial charge >= 0.3 is 6.36 Å². The van der Waals surface area contributed by atoms with Crippen LogP contribution >= 0.6 is 23.2 Å². The molecular formula is C19H14Cl2F3N5O4. The van der Waals surface area contributed by atoms with Gasteiger partial charge in [-0.15, -0.1) is 13.2 Å². The van der Waals surface area contributed by atoms with E-state index in [1.807, 2.05) is 0 Å². The average Bonchev–Trinajstić information content (AvgIpc) is 3.09. The van der Waals surface area contributed by atoms with Gasteiger partial charge in [0, 0.05) is 25.4 Å². The van der Waals surface area contributed by atoms with Crippen LogP contribution in [0.15, 0.2) is 36.5 Å². The molecule has 2 amide bonds. The van der Waals surface area contributed by atoms with Gasteiger partial charge in [0.2, 0.25) is 0 Å². The van der Waals surface area contributed by atoms with Gasteiger partial charge in [-0.1, -0.05) is 41.4 Å². The van der Waals surface area contributed by atoms with Crippen molar-refractivity contribution in [3.8, 4) is 11.5 Å². The van der Waals surface area contributed by atoms with E-state index in [2.05, 4.69) is 25.5 Å². The Bertz CT molecular complexity index is 1190. The average molecular weight is 504 g/mol. The van der Waals surface area contributed by atoms with Gasteiger partial charge in [0.05, 0.1) is 10.7 Å². The van der Waals surface area contributed by atoms with E-state index in [1.165, 1.54) is 36.1 Å². The summed E-state index contributed by atoms with van der Waals surface area (Å²) in [5, 5.41) is 17.8. The minimum absolute atomic E-state index is 0.0121. The van der Waals surface area contributed by atoms with Crippen molar-refractivity contribution in [1.82, 2.24) is 20.1 Å². The number of carbonyl (C=O) groups is 2. The van der Waals surface area contributed by atoms with Crippen molar-refractivity contribution in [2.75, 3.05) is 5.32 Å². The number of alkyl halides is 3. The van der Waals surface area contributed by atoms with Crippen LogP contribution in [0.2, 0.25) is 10.2 Å². The molecule has 0 saturated carbocycles. The van der Waals surface area contributed by atoms with Crippen LogP contribution in [0.5, 0.6) is 11.5 Å². The van der Waals surface area contributed by atoms with Crippen LogP contribution in [0, 0.1) is 0 Å². The molecule has 3 N–H and O–H groups in total. The van der Waals surface area contributed by atoms with Gasteiger partial charge in [0.25, 0.3) is 11.8 Å². The Kier molecular flexibility index (Phi) is 6.98. The Balaban J connectivity index is 1.76. The Morgan fingerprint density at radius 2 is 1.91 bits per heavy atom. The smallest absolute Gasteiger partial charge is 0.504 e. The van der Waals surface area contributed by atoms with Gasteiger partial charge in [0.1, 0.15) is 11.4 Å². The molecule has 174 valence electrons. The van der Waals surface area contributed by atoms with Crippen molar-refractivity contribution in [1.29, 1.82) is 0 Å². The second-order valence-electron chi connectivity index (χ2n) is 6.49. The number of nitrogens with one attached hydrogen (secondary N) is 2. The zero-order chi connectivity index (χ0) is 24.3. The molecule has 2 heterocycles. The van der Waals surface area contributed by atoms with E-state index in [4.69, 9.17) is 23.2 Å². The largest absolute Gasteiger partial charge is 0.573 e. The molecule has 0 radical (unpaired) electrons. The number of aromatic nitrogens is 3. The summed E-state index contributed by atoms with van der Waals surface area (Å²) in [6.45, 7) is -0.306. The fraction of sp³-hybridized carbons (Fsp3) is 0.158. The van der Waals surface area contributed by atoms with E-state index in [1.54, 1.807) is 0 Å². The predicted molar refractivity (Wildman–Crippen MR) is 111 cm³/mol. The van der Waals surface area contributed by atoms with Crippen LogP contribution < -0.4 is 15.4 Å². The third-order valence-electron chi connectivity index (χ3n) is 4.07. The number of rotatable bonds is 6. The summed E-state index contributed by atoms with van der Waals surface area (Å²) in [7, 11) is 1.49. The van der Waals surface area contributed by atoms with E-state index in [9.17, 15) is 27.9 Å². The minimum atomic E-state index is -4.90. The molecule has 3 rings (SSSR count). The molecule has 0 aliphatic heterocycles. The summed E-state index contributed by atoms with van der Waals surface area (Å²) in [4.78, 5) is 28.8. The number of amides is 2. The molecule has 0 spiro atoms. The molecule has 0 unspecified atom stereocenters. The second kappa shape index (κ2) is 9.55. The molecule has 0 bridgehead atoms. The highest BCUT2D eigenvalue weighted by Crippen LogP contribution is 2.30. The van der Waals surface area contributed by atoms with E-state index in [0.717, 1.165) is 12.1 Å². The quantitative estimate of drug-likeness (QED) is 0.439. The Labute approximate surface area is 194 Å². The Hall–Kier alpha value is -3.51. The monoisotopic (exact) mass is 503 g/mol. The van der Waals surface area contributed by atoms with Crippen LogP contribution in [-0.4, -0.2) is 38.0 Å². The molecule has 1 aromatic carbocycles. The number of anilines is 1. The van der Waals surface area contributed by atoms with Crippen LogP contribution in [-0.2, 0) is 13.6 Å². The standard InChI is InChI=1S/C19H14Cl2F3N5O4/c1-29-8-12(27-17(31)11-6-10(20)15(30)16(21)26-11)14(28-29)18(32)25-7-9-4-2-3-5-13(9)33-19(22,23)24/h2-6,8,30H,7H2,1H3,(H,25,32)(H,27,31). The molecule has 33 heavy (non-hydrogen) atoms. The number of nitrogens with zero attached hydrogens (tertiary/aromatic N) is 3. The van der Waals surface area contributed by atoms with Crippen molar-refractivity contribution >= 4 is 40.7 Å². The predicted octanol–water partition coefficient (Wildman–Crippen LogP) is 3.91. The third-order valence-corrected chi connectivity index (χ3v) is 4.62. The molecule has 0 fully saturated rings. The molecule has 3 aromatic rings. The second-order valence-corrected chi connectivity index (χ2v) is 7.25. The van der Waals surface area contributed by atoms with Crippen molar-refractivity contribution in [2.24, 2.45) is 7.05 Å². The third kappa shape index (κ3) is 6.05. The summed E-state index contributed by atoms with van der Waals surface area (Å²) in [6, 6.07) is 6.38. The van der Waals surface area contributed by atoms with Gasteiger partial charge in [-0.3, -0.25) is 14.3 Å². The number of pyridine rings is 1. The van der Waals surface area contributed by atoms with Gasteiger partial charge in [-0.2, -0.15) is 5.10 Å². The van der Waals surface area contributed by atoms with E-state index < -0.39 is 34.8 Å². The molecule has 0 aliphatic carbocycles.